The summed E-state index contributed by atoms with van der Waals surface area (Å²) in [6, 6.07) is 15.9. The van der Waals surface area contributed by atoms with Crippen LogP contribution in [0.15, 0.2) is 54.7 Å². The van der Waals surface area contributed by atoms with Crippen molar-refractivity contribution in [3.8, 4) is 0 Å². The summed E-state index contributed by atoms with van der Waals surface area (Å²) in [6.07, 6.45) is 2.37. The average molecular weight is 364 g/mol. The number of pyridine rings is 1. The van der Waals surface area contributed by atoms with Gasteiger partial charge >= 0.3 is 0 Å². The Morgan fingerprint density at radius 2 is 1.70 bits per heavy atom. The Labute approximate surface area is 159 Å². The molecule has 1 aliphatic heterocycles. The Balaban J connectivity index is 1.24. The van der Waals surface area contributed by atoms with E-state index >= 15 is 0 Å². The van der Waals surface area contributed by atoms with Crippen LogP contribution in [0.1, 0.15) is 12.1 Å². The van der Waals surface area contributed by atoms with Gasteiger partial charge in [-0.25, -0.2) is 0 Å². The standard InChI is InChI=1S/C21H24N4O2/c26-20(23-15-16-6-4-5-9-22-16)18-14-19(18)21(27)25-12-10-24(11-13-25)17-7-2-1-3-8-17/h1-9,18-19H,10-15H2,(H,23,26). The van der Waals surface area contributed by atoms with Crippen molar-refractivity contribution in [1.82, 2.24) is 15.2 Å². The van der Waals surface area contributed by atoms with Crippen molar-refractivity contribution in [2.24, 2.45) is 11.8 Å². The molecule has 2 amide bonds. The van der Waals surface area contributed by atoms with Gasteiger partial charge in [0.25, 0.3) is 0 Å². The molecule has 1 aromatic carbocycles. The highest BCUT2D eigenvalue weighted by molar-refractivity contribution is 5.92. The van der Waals surface area contributed by atoms with E-state index in [0.29, 0.717) is 26.1 Å². The van der Waals surface area contributed by atoms with E-state index in [1.807, 2.05) is 41.3 Å². The van der Waals surface area contributed by atoms with E-state index < -0.39 is 0 Å². The lowest BCUT2D eigenvalue weighted by molar-refractivity contribution is -0.135. The zero-order chi connectivity index (χ0) is 18.6. The van der Waals surface area contributed by atoms with Crippen LogP contribution in [0.3, 0.4) is 0 Å². The van der Waals surface area contributed by atoms with Crippen LogP contribution in [0.25, 0.3) is 0 Å². The summed E-state index contributed by atoms with van der Waals surface area (Å²) in [5, 5.41) is 2.90. The highest BCUT2D eigenvalue weighted by Crippen LogP contribution is 2.40. The lowest BCUT2D eigenvalue weighted by Gasteiger charge is -2.36. The second-order valence-corrected chi connectivity index (χ2v) is 7.14. The van der Waals surface area contributed by atoms with Gasteiger partial charge in [0.2, 0.25) is 11.8 Å². The van der Waals surface area contributed by atoms with Crippen molar-refractivity contribution in [2.45, 2.75) is 13.0 Å². The number of nitrogens with zero attached hydrogens (tertiary/aromatic N) is 3. The van der Waals surface area contributed by atoms with Gasteiger partial charge < -0.3 is 15.1 Å². The van der Waals surface area contributed by atoms with Crippen LogP contribution in [-0.4, -0.2) is 47.9 Å². The number of aromatic nitrogens is 1. The number of piperazine rings is 1. The van der Waals surface area contributed by atoms with E-state index in [-0.39, 0.29) is 23.7 Å². The molecule has 6 nitrogen and oxygen atoms in total. The molecule has 2 aromatic rings. The van der Waals surface area contributed by atoms with Crippen molar-refractivity contribution in [1.29, 1.82) is 0 Å². The maximum atomic E-state index is 12.7. The third-order valence-electron chi connectivity index (χ3n) is 5.33. The molecule has 27 heavy (non-hydrogen) atoms. The Morgan fingerprint density at radius 1 is 0.963 bits per heavy atom. The van der Waals surface area contributed by atoms with Gasteiger partial charge in [-0.1, -0.05) is 24.3 Å². The minimum Gasteiger partial charge on any atom is -0.368 e. The SMILES string of the molecule is O=C(NCc1ccccn1)C1CC1C(=O)N1CCN(c2ccccc2)CC1. The first-order valence-electron chi connectivity index (χ1n) is 9.49. The molecule has 2 atom stereocenters. The number of hydrogen-bond acceptors (Lipinski definition) is 4. The van der Waals surface area contributed by atoms with Gasteiger partial charge in [-0.2, -0.15) is 0 Å². The fraction of sp³-hybridized carbons (Fsp3) is 0.381. The summed E-state index contributed by atoms with van der Waals surface area (Å²) in [4.78, 5) is 33.4. The number of nitrogens with one attached hydrogen (secondary N) is 1. The number of para-hydroxylation sites is 1. The largest absolute Gasteiger partial charge is 0.368 e. The Morgan fingerprint density at radius 3 is 2.41 bits per heavy atom. The first-order chi connectivity index (χ1) is 13.2. The molecular formula is C21H24N4O2. The van der Waals surface area contributed by atoms with Crippen LogP contribution < -0.4 is 10.2 Å². The van der Waals surface area contributed by atoms with Crippen LogP contribution in [0.2, 0.25) is 0 Å². The summed E-state index contributed by atoms with van der Waals surface area (Å²) in [5.74, 6) is -0.256. The fourth-order valence-corrected chi connectivity index (χ4v) is 3.63. The number of rotatable bonds is 5. The number of carbonyl (C=O) groups is 2. The summed E-state index contributed by atoms with van der Waals surface area (Å²) < 4.78 is 0. The Hall–Kier alpha value is -2.89. The Bertz CT molecular complexity index is 788. The molecule has 1 aromatic heterocycles. The molecule has 2 aliphatic rings. The topological polar surface area (TPSA) is 65.5 Å². The molecule has 6 heteroatoms. The predicted octanol–water partition coefficient (Wildman–Crippen LogP) is 1.68. The first-order valence-corrected chi connectivity index (χ1v) is 9.49. The lowest BCUT2D eigenvalue weighted by Crippen LogP contribution is -2.49. The highest BCUT2D eigenvalue weighted by Gasteiger charge is 2.49. The monoisotopic (exact) mass is 364 g/mol. The third kappa shape index (κ3) is 4.10. The lowest BCUT2D eigenvalue weighted by atomic mass is 10.2. The molecule has 0 bridgehead atoms. The number of hydrogen-bond donors (Lipinski definition) is 1. The van der Waals surface area contributed by atoms with E-state index in [0.717, 1.165) is 18.8 Å². The van der Waals surface area contributed by atoms with Crippen LogP contribution in [0, 0.1) is 11.8 Å². The van der Waals surface area contributed by atoms with E-state index in [1.54, 1.807) is 6.20 Å². The maximum absolute atomic E-state index is 12.7. The van der Waals surface area contributed by atoms with Crippen molar-refractivity contribution in [3.05, 3.63) is 60.4 Å². The molecule has 0 spiro atoms. The van der Waals surface area contributed by atoms with Crippen molar-refractivity contribution in [3.63, 3.8) is 0 Å². The van der Waals surface area contributed by atoms with E-state index in [9.17, 15) is 9.59 Å². The van der Waals surface area contributed by atoms with Gasteiger partial charge in [-0.05, 0) is 30.7 Å². The summed E-state index contributed by atoms with van der Waals surface area (Å²) in [6.45, 7) is 3.50. The predicted molar refractivity (Wildman–Crippen MR) is 103 cm³/mol. The van der Waals surface area contributed by atoms with Gasteiger partial charge in [-0.15, -0.1) is 0 Å². The molecule has 2 heterocycles. The molecule has 1 aliphatic carbocycles. The maximum Gasteiger partial charge on any atom is 0.226 e. The van der Waals surface area contributed by atoms with Gasteiger partial charge in [0.05, 0.1) is 24.1 Å². The normalized spacial score (nSPS) is 21.6. The smallest absolute Gasteiger partial charge is 0.226 e. The van der Waals surface area contributed by atoms with Crippen LogP contribution in [0.4, 0.5) is 5.69 Å². The van der Waals surface area contributed by atoms with Crippen LogP contribution >= 0.6 is 0 Å². The molecular weight excluding hydrogens is 340 g/mol. The quantitative estimate of drug-likeness (QED) is 0.877. The molecule has 2 fully saturated rings. The van der Waals surface area contributed by atoms with Crippen LogP contribution in [-0.2, 0) is 16.1 Å². The van der Waals surface area contributed by atoms with E-state index in [2.05, 4.69) is 27.3 Å². The molecule has 1 N–H and O–H groups in total. The molecule has 2 unspecified atom stereocenters. The summed E-state index contributed by atoms with van der Waals surface area (Å²) in [5.41, 5.74) is 2.02. The average Bonchev–Trinajstić information content (AvgIpc) is 3.54. The van der Waals surface area contributed by atoms with Gasteiger partial charge in [0.15, 0.2) is 0 Å². The molecule has 1 saturated heterocycles. The van der Waals surface area contributed by atoms with E-state index in [1.165, 1.54) is 5.69 Å². The zero-order valence-electron chi connectivity index (χ0n) is 15.3. The number of amides is 2. The second kappa shape index (κ2) is 7.78. The second-order valence-electron chi connectivity index (χ2n) is 7.14. The first kappa shape index (κ1) is 17.5. The third-order valence-corrected chi connectivity index (χ3v) is 5.33. The fourth-order valence-electron chi connectivity index (χ4n) is 3.63. The summed E-state index contributed by atoms with van der Waals surface area (Å²) in [7, 11) is 0. The zero-order valence-corrected chi connectivity index (χ0v) is 15.3. The van der Waals surface area contributed by atoms with Crippen molar-refractivity contribution >= 4 is 17.5 Å². The molecule has 4 rings (SSSR count). The molecule has 0 radical (unpaired) electrons. The molecule has 140 valence electrons. The van der Waals surface area contributed by atoms with Gasteiger partial charge in [0, 0.05) is 38.1 Å². The Kier molecular flexibility index (Phi) is 5.05. The summed E-state index contributed by atoms with van der Waals surface area (Å²) >= 11 is 0. The van der Waals surface area contributed by atoms with Crippen molar-refractivity contribution in [2.75, 3.05) is 31.1 Å². The number of benzene rings is 1. The van der Waals surface area contributed by atoms with E-state index in [4.69, 9.17) is 0 Å². The van der Waals surface area contributed by atoms with Gasteiger partial charge in [0.1, 0.15) is 0 Å². The minimum atomic E-state index is -0.187. The number of anilines is 1. The highest BCUT2D eigenvalue weighted by atomic mass is 16.2. The van der Waals surface area contributed by atoms with Crippen LogP contribution in [0.5, 0.6) is 0 Å². The van der Waals surface area contributed by atoms with Crippen molar-refractivity contribution < 1.29 is 9.59 Å². The molecule has 1 saturated carbocycles. The number of carbonyl (C=O) groups excluding carboxylic acids is 2. The minimum absolute atomic E-state index is 0.0399. The van der Waals surface area contributed by atoms with Gasteiger partial charge in [-0.3, -0.25) is 14.6 Å².